The molecule has 0 atom stereocenters. The summed E-state index contributed by atoms with van der Waals surface area (Å²) in [4.78, 5) is 28.1. The predicted molar refractivity (Wildman–Crippen MR) is 123 cm³/mol. The van der Waals surface area contributed by atoms with Crippen molar-refractivity contribution in [3.63, 3.8) is 0 Å². The lowest BCUT2D eigenvalue weighted by Crippen LogP contribution is -2.34. The van der Waals surface area contributed by atoms with E-state index in [1.807, 2.05) is 42.1 Å². The summed E-state index contributed by atoms with van der Waals surface area (Å²) in [5.41, 5.74) is 3.71. The van der Waals surface area contributed by atoms with E-state index in [9.17, 15) is 9.59 Å². The number of para-hydroxylation sites is 1. The van der Waals surface area contributed by atoms with Crippen LogP contribution in [0.1, 0.15) is 22.3 Å². The third-order valence-corrected chi connectivity index (χ3v) is 5.73. The molecule has 0 spiro atoms. The van der Waals surface area contributed by atoms with Crippen LogP contribution < -0.4 is 20.5 Å². The lowest BCUT2D eigenvalue weighted by molar-refractivity contribution is -0.670. The summed E-state index contributed by atoms with van der Waals surface area (Å²) in [5, 5.41) is 13.0. The first-order chi connectivity index (χ1) is 15.0. The van der Waals surface area contributed by atoms with Crippen LogP contribution in [0.3, 0.4) is 0 Å². The average Bonchev–Trinajstić information content (AvgIpc) is 3.15. The van der Waals surface area contributed by atoms with Crippen LogP contribution in [0.25, 0.3) is 32.6 Å². The molecule has 0 aliphatic heterocycles. The van der Waals surface area contributed by atoms with E-state index in [4.69, 9.17) is 0 Å². The van der Waals surface area contributed by atoms with E-state index < -0.39 is 0 Å². The molecule has 160 valence electrons. The maximum Gasteiger partial charge on any atom is 0.254 e. The van der Waals surface area contributed by atoms with Gasteiger partial charge in [-0.15, -0.1) is 0 Å². The number of nitrogens with zero attached hydrogens (tertiary/aromatic N) is 1. The molecule has 0 saturated carbocycles. The Kier molecular flexibility index (Phi) is 5.86. The van der Waals surface area contributed by atoms with E-state index >= 15 is 0 Å². The molecule has 0 aliphatic carbocycles. The number of pyridine rings is 1. The van der Waals surface area contributed by atoms with Crippen LogP contribution in [0.4, 0.5) is 0 Å². The molecule has 0 saturated heterocycles. The Labute approximate surface area is 180 Å². The topological polar surface area (TPSA) is 89.9 Å². The summed E-state index contributed by atoms with van der Waals surface area (Å²) in [6.45, 7) is 3.76. The van der Waals surface area contributed by atoms with Gasteiger partial charge < -0.3 is 20.9 Å². The van der Waals surface area contributed by atoms with E-state index in [1.54, 1.807) is 7.05 Å². The molecule has 0 bridgehead atoms. The fraction of sp³-hybridized carbons (Fsp3) is 0.292. The number of amides is 2. The normalized spacial score (nSPS) is 11.3. The Hall–Kier alpha value is -3.45. The Morgan fingerprint density at radius 3 is 2.65 bits per heavy atom. The number of H-pyrrole nitrogens is 1. The van der Waals surface area contributed by atoms with Gasteiger partial charge in [-0.1, -0.05) is 18.2 Å². The number of hydrogen-bond acceptors (Lipinski definition) is 3. The van der Waals surface area contributed by atoms with Crippen LogP contribution in [-0.2, 0) is 11.8 Å². The zero-order valence-electron chi connectivity index (χ0n) is 18.1. The number of aromatic amines is 1. The van der Waals surface area contributed by atoms with Crippen LogP contribution >= 0.6 is 0 Å². The molecule has 31 heavy (non-hydrogen) atoms. The van der Waals surface area contributed by atoms with Crippen LogP contribution in [-0.4, -0.2) is 43.5 Å². The Bertz CT molecular complexity index is 1290. The first kappa shape index (κ1) is 20.8. The fourth-order valence-electron chi connectivity index (χ4n) is 4.14. The predicted octanol–water partition coefficient (Wildman–Crippen LogP) is 2.06. The molecule has 4 N–H and O–H groups in total. The number of benzene rings is 2. The second-order valence-corrected chi connectivity index (χ2v) is 7.79. The number of carbonyl (C=O) groups is 2. The van der Waals surface area contributed by atoms with Crippen molar-refractivity contribution in [2.45, 2.75) is 13.3 Å². The highest BCUT2D eigenvalue weighted by molar-refractivity contribution is 6.24. The second kappa shape index (κ2) is 8.73. The van der Waals surface area contributed by atoms with Gasteiger partial charge in [0.15, 0.2) is 12.4 Å². The van der Waals surface area contributed by atoms with E-state index in [2.05, 4.69) is 40.1 Å². The standard InChI is InChI=1S/C24H27N5O2/c1-15-18-14-29(3)13-9-16(18)22(23-21(15)17-6-4-5-7-19(17)28-23)24(31)27-12-11-26-10-8-20(30)25-2/h4-7,9,13-14,26H,8,10-12H2,1-3H3,(H2,25,27,30,31)/p+1. The summed E-state index contributed by atoms with van der Waals surface area (Å²) in [6, 6.07) is 10.2. The molecule has 4 aromatic rings. The van der Waals surface area contributed by atoms with Gasteiger partial charge >= 0.3 is 0 Å². The molecule has 7 heteroatoms. The summed E-state index contributed by atoms with van der Waals surface area (Å²) in [6.07, 6.45) is 4.45. The third-order valence-electron chi connectivity index (χ3n) is 5.73. The number of aromatic nitrogens is 2. The monoisotopic (exact) mass is 418 g/mol. The number of rotatable bonds is 7. The highest BCUT2D eigenvalue weighted by Gasteiger charge is 2.22. The van der Waals surface area contributed by atoms with Gasteiger partial charge in [0, 0.05) is 60.8 Å². The fourth-order valence-corrected chi connectivity index (χ4v) is 4.14. The van der Waals surface area contributed by atoms with E-state index in [-0.39, 0.29) is 11.8 Å². The smallest absolute Gasteiger partial charge is 0.254 e. The first-order valence-corrected chi connectivity index (χ1v) is 10.5. The minimum atomic E-state index is -0.108. The molecule has 2 aromatic carbocycles. The summed E-state index contributed by atoms with van der Waals surface area (Å²) >= 11 is 0. The van der Waals surface area contributed by atoms with Crippen LogP contribution in [0.2, 0.25) is 0 Å². The maximum absolute atomic E-state index is 13.3. The molecule has 4 rings (SSSR count). The Morgan fingerprint density at radius 1 is 1.03 bits per heavy atom. The first-order valence-electron chi connectivity index (χ1n) is 10.5. The van der Waals surface area contributed by atoms with Crippen molar-refractivity contribution in [1.82, 2.24) is 20.9 Å². The molecule has 7 nitrogen and oxygen atoms in total. The van der Waals surface area contributed by atoms with Gasteiger partial charge in [0.25, 0.3) is 5.91 Å². The van der Waals surface area contributed by atoms with Crippen molar-refractivity contribution in [2.24, 2.45) is 7.05 Å². The largest absolute Gasteiger partial charge is 0.359 e. The van der Waals surface area contributed by atoms with Crippen molar-refractivity contribution < 1.29 is 14.2 Å². The Balaban J connectivity index is 1.68. The van der Waals surface area contributed by atoms with Crippen molar-refractivity contribution in [1.29, 1.82) is 0 Å². The molecule has 0 aliphatic rings. The molecule has 0 unspecified atom stereocenters. The molecule has 2 heterocycles. The van der Waals surface area contributed by atoms with Crippen LogP contribution in [0.15, 0.2) is 42.7 Å². The molecule has 2 aromatic heterocycles. The number of aryl methyl sites for hydroxylation is 2. The number of hydrogen-bond donors (Lipinski definition) is 4. The van der Waals surface area contributed by atoms with Gasteiger partial charge in [-0.25, -0.2) is 4.57 Å². The minimum Gasteiger partial charge on any atom is -0.359 e. The Morgan fingerprint density at radius 2 is 1.84 bits per heavy atom. The summed E-state index contributed by atoms with van der Waals surface area (Å²) in [7, 11) is 3.61. The number of carbonyl (C=O) groups excluding carboxylic acids is 2. The van der Waals surface area contributed by atoms with Gasteiger partial charge in [0.05, 0.1) is 16.5 Å². The molecular formula is C24H28N5O2+. The molecular weight excluding hydrogens is 390 g/mol. The molecule has 0 radical (unpaired) electrons. The van der Waals surface area contributed by atoms with Crippen molar-refractivity contribution >= 4 is 44.4 Å². The van der Waals surface area contributed by atoms with Crippen molar-refractivity contribution in [3.05, 3.63) is 53.9 Å². The zero-order chi connectivity index (χ0) is 22.0. The maximum atomic E-state index is 13.3. The molecule has 0 fully saturated rings. The third kappa shape index (κ3) is 3.96. The van der Waals surface area contributed by atoms with Crippen molar-refractivity contribution in [2.75, 3.05) is 26.7 Å². The summed E-state index contributed by atoms with van der Waals surface area (Å²) in [5.74, 6) is -0.111. The van der Waals surface area contributed by atoms with Gasteiger partial charge in [0.1, 0.15) is 7.05 Å². The average molecular weight is 419 g/mol. The van der Waals surface area contributed by atoms with Gasteiger partial charge in [0.2, 0.25) is 5.91 Å². The van der Waals surface area contributed by atoms with Gasteiger partial charge in [-0.05, 0) is 18.6 Å². The second-order valence-electron chi connectivity index (χ2n) is 7.79. The quantitative estimate of drug-likeness (QED) is 0.274. The van der Waals surface area contributed by atoms with E-state index in [1.165, 1.54) is 0 Å². The van der Waals surface area contributed by atoms with Crippen molar-refractivity contribution in [3.8, 4) is 0 Å². The minimum absolute atomic E-state index is 0.00275. The molecule has 2 amide bonds. The van der Waals surface area contributed by atoms with E-state index in [0.29, 0.717) is 31.6 Å². The lowest BCUT2D eigenvalue weighted by Gasteiger charge is -2.12. The SMILES string of the molecule is CNC(=O)CCNCCNC(=O)c1c2cc[n+](C)cc2c(C)c2c1[nH]c1ccccc12. The van der Waals surface area contributed by atoms with E-state index in [0.717, 1.165) is 38.1 Å². The number of fused-ring (bicyclic) bond motifs is 4. The number of nitrogens with one attached hydrogen (secondary N) is 4. The highest BCUT2D eigenvalue weighted by atomic mass is 16.2. The highest BCUT2D eigenvalue weighted by Crippen LogP contribution is 2.36. The lowest BCUT2D eigenvalue weighted by atomic mass is 9.95. The van der Waals surface area contributed by atoms with Crippen LogP contribution in [0.5, 0.6) is 0 Å². The van der Waals surface area contributed by atoms with Gasteiger partial charge in [-0.3, -0.25) is 9.59 Å². The zero-order valence-corrected chi connectivity index (χ0v) is 18.1. The van der Waals surface area contributed by atoms with Gasteiger partial charge in [-0.2, -0.15) is 0 Å². The van der Waals surface area contributed by atoms with Crippen LogP contribution in [0, 0.1) is 6.92 Å². The summed E-state index contributed by atoms with van der Waals surface area (Å²) < 4.78 is 2.01.